The third-order valence-electron chi connectivity index (χ3n) is 2.01. The maximum atomic E-state index is 10.8. The van der Waals surface area contributed by atoms with E-state index in [0.29, 0.717) is 18.9 Å². The minimum absolute atomic E-state index is 0.413. The van der Waals surface area contributed by atoms with Crippen LogP contribution in [0.3, 0.4) is 0 Å². The van der Waals surface area contributed by atoms with Crippen LogP contribution in [0.5, 0.6) is 0 Å². The van der Waals surface area contributed by atoms with E-state index in [1.165, 1.54) is 0 Å². The summed E-state index contributed by atoms with van der Waals surface area (Å²) in [6.07, 6.45) is 0.836. The quantitative estimate of drug-likeness (QED) is 0.625. The fraction of sp³-hybridized carbons (Fsp3) is 0.375. The van der Waals surface area contributed by atoms with Gasteiger partial charge in [-0.25, -0.2) is 0 Å². The molecule has 12 heavy (non-hydrogen) atoms. The van der Waals surface area contributed by atoms with Crippen LogP contribution in [0, 0.1) is 0 Å². The van der Waals surface area contributed by atoms with Crippen LogP contribution in [-0.4, -0.2) is 17.5 Å². The Balaban J connectivity index is 2.38. The van der Waals surface area contributed by atoms with Gasteiger partial charge in [0.25, 0.3) is 5.91 Å². The van der Waals surface area contributed by atoms with Crippen molar-refractivity contribution in [1.82, 2.24) is 4.98 Å². The summed E-state index contributed by atoms with van der Waals surface area (Å²) in [5, 5.41) is 0. The van der Waals surface area contributed by atoms with Gasteiger partial charge in [0.2, 0.25) is 0 Å². The van der Waals surface area contributed by atoms with E-state index >= 15 is 0 Å². The summed E-state index contributed by atoms with van der Waals surface area (Å²) in [6.45, 7) is 1.30. The third-order valence-corrected chi connectivity index (χ3v) is 2.01. The molecule has 4 nitrogen and oxygen atoms in total. The lowest BCUT2D eigenvalue weighted by atomic mass is 10.2. The minimum Gasteiger partial charge on any atom is -0.376 e. The number of amides is 1. The van der Waals surface area contributed by atoms with Crippen LogP contribution < -0.4 is 5.73 Å². The number of H-pyrrole nitrogens is 1. The molecule has 0 spiro atoms. The normalized spacial score (nSPS) is 15.7. The van der Waals surface area contributed by atoms with E-state index in [9.17, 15) is 4.79 Å². The summed E-state index contributed by atoms with van der Waals surface area (Å²) in [5.41, 5.74) is 7.72. The van der Waals surface area contributed by atoms with Gasteiger partial charge in [-0.15, -0.1) is 0 Å². The Labute approximate surface area is 69.7 Å². The van der Waals surface area contributed by atoms with Gasteiger partial charge in [-0.3, -0.25) is 4.79 Å². The molecule has 64 valence electrons. The van der Waals surface area contributed by atoms with Gasteiger partial charge in [0, 0.05) is 12.1 Å². The Kier molecular flexibility index (Phi) is 1.62. The monoisotopic (exact) mass is 166 g/mol. The number of nitrogens with one attached hydrogen (secondary N) is 1. The Hall–Kier alpha value is -1.29. The molecule has 0 saturated carbocycles. The predicted molar refractivity (Wildman–Crippen MR) is 42.7 cm³/mol. The summed E-state index contributed by atoms with van der Waals surface area (Å²) in [6, 6.07) is 1.76. The average Bonchev–Trinajstić information content (AvgIpc) is 2.46. The van der Waals surface area contributed by atoms with E-state index in [0.717, 1.165) is 17.7 Å². The van der Waals surface area contributed by atoms with Crippen LogP contribution in [0.4, 0.5) is 0 Å². The fourth-order valence-electron chi connectivity index (χ4n) is 1.38. The summed E-state index contributed by atoms with van der Waals surface area (Å²) in [4.78, 5) is 13.7. The lowest BCUT2D eigenvalue weighted by Crippen LogP contribution is -2.11. The molecule has 4 heteroatoms. The zero-order valence-electron chi connectivity index (χ0n) is 6.59. The molecule has 0 atom stereocenters. The van der Waals surface area contributed by atoms with Crippen molar-refractivity contribution in [2.45, 2.75) is 13.0 Å². The zero-order valence-corrected chi connectivity index (χ0v) is 6.59. The molecule has 1 aromatic heterocycles. The molecular weight excluding hydrogens is 156 g/mol. The fourth-order valence-corrected chi connectivity index (χ4v) is 1.38. The number of hydrogen-bond donors (Lipinski definition) is 2. The van der Waals surface area contributed by atoms with E-state index in [1.807, 2.05) is 0 Å². The molecule has 1 amide bonds. The highest BCUT2D eigenvalue weighted by Crippen LogP contribution is 2.16. The molecule has 0 fully saturated rings. The maximum absolute atomic E-state index is 10.8. The van der Waals surface area contributed by atoms with Crippen molar-refractivity contribution in [2.75, 3.05) is 6.61 Å². The van der Waals surface area contributed by atoms with E-state index < -0.39 is 5.91 Å². The molecule has 2 heterocycles. The minimum atomic E-state index is -0.413. The van der Waals surface area contributed by atoms with Crippen molar-refractivity contribution in [3.05, 3.63) is 23.0 Å². The van der Waals surface area contributed by atoms with Crippen molar-refractivity contribution >= 4 is 5.91 Å². The number of hydrogen-bond acceptors (Lipinski definition) is 2. The van der Waals surface area contributed by atoms with Crippen molar-refractivity contribution in [1.29, 1.82) is 0 Å². The second-order valence-corrected chi connectivity index (χ2v) is 2.85. The molecular formula is C8H10N2O2. The van der Waals surface area contributed by atoms with E-state index in [1.54, 1.807) is 6.07 Å². The molecule has 1 aromatic rings. The summed E-state index contributed by atoms with van der Waals surface area (Å²) in [7, 11) is 0. The molecule has 0 aromatic carbocycles. The largest absolute Gasteiger partial charge is 0.376 e. The first-order chi connectivity index (χ1) is 5.77. The van der Waals surface area contributed by atoms with Gasteiger partial charge in [0.05, 0.1) is 13.2 Å². The number of ether oxygens (including phenoxy) is 1. The van der Waals surface area contributed by atoms with Gasteiger partial charge < -0.3 is 15.5 Å². The molecule has 1 aliphatic rings. The van der Waals surface area contributed by atoms with Crippen molar-refractivity contribution in [3.63, 3.8) is 0 Å². The molecule has 0 aliphatic carbocycles. The number of fused-ring (bicyclic) bond motifs is 1. The Morgan fingerprint density at radius 2 is 2.50 bits per heavy atom. The van der Waals surface area contributed by atoms with Crippen LogP contribution >= 0.6 is 0 Å². The number of rotatable bonds is 1. The van der Waals surface area contributed by atoms with Crippen LogP contribution in [0.1, 0.15) is 21.7 Å². The maximum Gasteiger partial charge on any atom is 0.265 e. The SMILES string of the molecule is NC(=O)c1cc2c([nH]1)CCOC2. The predicted octanol–water partition coefficient (Wildman–Crippen LogP) is 0.186. The van der Waals surface area contributed by atoms with Gasteiger partial charge in [0.15, 0.2) is 0 Å². The van der Waals surface area contributed by atoms with Gasteiger partial charge in [-0.1, -0.05) is 0 Å². The highest BCUT2D eigenvalue weighted by molar-refractivity contribution is 5.91. The smallest absolute Gasteiger partial charge is 0.265 e. The Bertz CT molecular complexity index is 293. The summed E-state index contributed by atoms with van der Waals surface area (Å²) in [5.74, 6) is -0.413. The Morgan fingerprint density at radius 1 is 1.67 bits per heavy atom. The first kappa shape index (κ1) is 7.36. The first-order valence-corrected chi connectivity index (χ1v) is 3.85. The lowest BCUT2D eigenvalue weighted by molar-refractivity contribution is 0.0996. The summed E-state index contributed by atoms with van der Waals surface area (Å²) < 4.78 is 5.22. The molecule has 3 N–H and O–H groups in total. The number of carbonyl (C=O) groups excluding carboxylic acids is 1. The molecule has 2 rings (SSSR count). The second kappa shape index (κ2) is 2.64. The molecule has 1 aliphatic heterocycles. The highest BCUT2D eigenvalue weighted by Gasteiger charge is 2.14. The summed E-state index contributed by atoms with van der Waals surface area (Å²) >= 11 is 0. The van der Waals surface area contributed by atoms with Crippen LogP contribution in [0.2, 0.25) is 0 Å². The number of primary amides is 1. The number of nitrogens with two attached hydrogens (primary N) is 1. The molecule has 0 radical (unpaired) electrons. The molecule has 0 unspecified atom stereocenters. The zero-order chi connectivity index (χ0) is 8.55. The number of aromatic nitrogens is 1. The first-order valence-electron chi connectivity index (χ1n) is 3.85. The van der Waals surface area contributed by atoms with E-state index in [4.69, 9.17) is 10.5 Å². The van der Waals surface area contributed by atoms with Gasteiger partial charge in [-0.2, -0.15) is 0 Å². The number of carbonyl (C=O) groups is 1. The lowest BCUT2D eigenvalue weighted by Gasteiger charge is -2.10. The molecule has 0 bridgehead atoms. The second-order valence-electron chi connectivity index (χ2n) is 2.85. The number of aromatic amines is 1. The van der Waals surface area contributed by atoms with Crippen molar-refractivity contribution < 1.29 is 9.53 Å². The highest BCUT2D eigenvalue weighted by atomic mass is 16.5. The standard InChI is InChI=1S/C8H10N2O2/c9-8(11)7-3-5-4-12-2-1-6(5)10-7/h3,10H,1-2,4H2,(H2,9,11). The van der Waals surface area contributed by atoms with E-state index in [-0.39, 0.29) is 0 Å². The van der Waals surface area contributed by atoms with Crippen molar-refractivity contribution in [2.24, 2.45) is 5.73 Å². The van der Waals surface area contributed by atoms with Gasteiger partial charge in [-0.05, 0) is 11.6 Å². The molecule has 0 saturated heterocycles. The van der Waals surface area contributed by atoms with Gasteiger partial charge >= 0.3 is 0 Å². The van der Waals surface area contributed by atoms with E-state index in [2.05, 4.69) is 4.98 Å². The van der Waals surface area contributed by atoms with Crippen LogP contribution in [0.25, 0.3) is 0 Å². The van der Waals surface area contributed by atoms with Crippen molar-refractivity contribution in [3.8, 4) is 0 Å². The van der Waals surface area contributed by atoms with Crippen LogP contribution in [-0.2, 0) is 17.8 Å². The van der Waals surface area contributed by atoms with Crippen LogP contribution in [0.15, 0.2) is 6.07 Å². The topological polar surface area (TPSA) is 68.1 Å². The third kappa shape index (κ3) is 1.10. The Morgan fingerprint density at radius 3 is 3.17 bits per heavy atom. The van der Waals surface area contributed by atoms with Gasteiger partial charge in [0.1, 0.15) is 5.69 Å². The average molecular weight is 166 g/mol.